The van der Waals surface area contributed by atoms with E-state index < -0.39 is 0 Å². The second kappa shape index (κ2) is 12.7. The van der Waals surface area contributed by atoms with Crippen molar-refractivity contribution in [1.29, 1.82) is 0 Å². The summed E-state index contributed by atoms with van der Waals surface area (Å²) in [6, 6.07) is 51.0. The minimum atomic E-state index is 0.0626. The first-order valence-corrected chi connectivity index (χ1v) is 17.9. The Morgan fingerprint density at radius 1 is 0.700 bits per heavy atom. The number of hydrogen-bond donors (Lipinski definition) is 0. The number of nitrogens with zero attached hydrogens (tertiary/aromatic N) is 2. The lowest BCUT2D eigenvalue weighted by atomic mass is 9.72. The number of rotatable bonds is 10. The average molecular weight is 653 g/mol. The summed E-state index contributed by atoms with van der Waals surface area (Å²) >= 11 is 0. The van der Waals surface area contributed by atoms with E-state index in [0.29, 0.717) is 11.7 Å². The Kier molecular flexibility index (Phi) is 8.07. The Morgan fingerprint density at radius 2 is 1.36 bits per heavy atom. The van der Waals surface area contributed by atoms with Crippen molar-refractivity contribution in [2.75, 3.05) is 0 Å². The van der Waals surface area contributed by atoms with Gasteiger partial charge in [-0.25, -0.2) is 0 Å². The number of allylic oxidation sites excluding steroid dienone is 1. The van der Waals surface area contributed by atoms with Gasteiger partial charge in [-0.2, -0.15) is 0 Å². The number of aromatic nitrogens is 2. The van der Waals surface area contributed by atoms with Gasteiger partial charge in [-0.15, -0.1) is 0 Å². The minimum Gasteiger partial charge on any atom is -0.463 e. The van der Waals surface area contributed by atoms with E-state index >= 15 is 0 Å². The lowest BCUT2D eigenvalue weighted by Gasteiger charge is -2.32. The Hall–Kier alpha value is -5.54. The maximum Gasteiger partial charge on any atom is 0.126 e. The summed E-state index contributed by atoms with van der Waals surface area (Å²) in [5.74, 6) is 1.96. The molecule has 2 unspecified atom stereocenters. The molecule has 0 saturated heterocycles. The molecule has 3 heteroatoms. The zero-order chi connectivity index (χ0) is 34.4. The van der Waals surface area contributed by atoms with Gasteiger partial charge in [0.2, 0.25) is 0 Å². The first-order chi connectivity index (χ1) is 24.3. The van der Waals surface area contributed by atoms with E-state index in [0.717, 1.165) is 25.1 Å². The van der Waals surface area contributed by atoms with Crippen LogP contribution >= 0.6 is 0 Å². The highest BCUT2D eigenvalue weighted by molar-refractivity contribution is 6.25. The van der Waals surface area contributed by atoms with Crippen LogP contribution in [-0.2, 0) is 12.0 Å². The zero-order valence-electron chi connectivity index (χ0n) is 29.5. The SMILES string of the molecule is C=C(C)Oc1ccc(C(C)(CC)CC(C)c2ccc(Cn3c4ccccc4c4ccc5c(c6ccccc6n5-c5ccccc5)c43)cc2)cc1. The smallest absolute Gasteiger partial charge is 0.126 e. The molecule has 0 radical (unpaired) electrons. The van der Waals surface area contributed by atoms with E-state index in [-0.39, 0.29) is 5.41 Å². The molecule has 2 atom stereocenters. The quantitative estimate of drug-likeness (QED) is 0.135. The number of fused-ring (bicyclic) bond motifs is 7. The molecule has 248 valence electrons. The monoisotopic (exact) mass is 652 g/mol. The summed E-state index contributed by atoms with van der Waals surface area (Å²) in [5, 5.41) is 5.18. The van der Waals surface area contributed by atoms with Crippen LogP contribution in [0.25, 0.3) is 49.3 Å². The van der Waals surface area contributed by atoms with Crippen molar-refractivity contribution in [3.63, 3.8) is 0 Å². The summed E-state index contributed by atoms with van der Waals surface area (Å²) in [6.07, 6.45) is 2.14. The van der Waals surface area contributed by atoms with E-state index in [1.165, 1.54) is 66.0 Å². The van der Waals surface area contributed by atoms with E-state index in [1.807, 2.05) is 6.92 Å². The largest absolute Gasteiger partial charge is 0.463 e. The molecule has 0 N–H and O–H groups in total. The van der Waals surface area contributed by atoms with Gasteiger partial charge in [0, 0.05) is 39.3 Å². The van der Waals surface area contributed by atoms with Crippen LogP contribution in [0.5, 0.6) is 5.75 Å². The molecule has 50 heavy (non-hydrogen) atoms. The molecule has 6 aromatic carbocycles. The number of hydrogen-bond acceptors (Lipinski definition) is 1. The summed E-state index contributed by atoms with van der Waals surface area (Å²) < 4.78 is 10.7. The summed E-state index contributed by atoms with van der Waals surface area (Å²) in [5.41, 5.74) is 10.3. The molecule has 0 saturated carbocycles. The molecule has 3 nitrogen and oxygen atoms in total. The molecule has 0 amide bonds. The Bertz CT molecular complexity index is 2480. The fourth-order valence-electron chi connectivity index (χ4n) is 8.14. The second-order valence-corrected chi connectivity index (χ2v) is 14.2. The molecule has 0 fully saturated rings. The lowest BCUT2D eigenvalue weighted by molar-refractivity contribution is 0.386. The van der Waals surface area contributed by atoms with Crippen molar-refractivity contribution < 1.29 is 4.74 Å². The summed E-state index contributed by atoms with van der Waals surface area (Å²) in [7, 11) is 0. The van der Waals surface area contributed by atoms with Gasteiger partial charge in [-0.05, 0) is 90.3 Å². The maximum absolute atomic E-state index is 5.72. The van der Waals surface area contributed by atoms with Crippen LogP contribution < -0.4 is 4.74 Å². The normalized spacial score (nSPS) is 13.6. The van der Waals surface area contributed by atoms with Crippen molar-refractivity contribution >= 4 is 43.6 Å². The molecule has 0 aliphatic heterocycles. The third-order valence-electron chi connectivity index (χ3n) is 10.9. The van der Waals surface area contributed by atoms with Gasteiger partial charge in [0.25, 0.3) is 0 Å². The van der Waals surface area contributed by atoms with Gasteiger partial charge in [-0.3, -0.25) is 0 Å². The van der Waals surface area contributed by atoms with Gasteiger partial charge in [-0.1, -0.05) is 124 Å². The number of benzene rings is 6. The molecule has 0 spiro atoms. The Labute approximate surface area is 295 Å². The molecule has 0 bridgehead atoms. The van der Waals surface area contributed by atoms with Crippen molar-refractivity contribution in [3.8, 4) is 11.4 Å². The molecule has 8 aromatic rings. The predicted octanol–water partition coefficient (Wildman–Crippen LogP) is 12.7. The van der Waals surface area contributed by atoms with Crippen molar-refractivity contribution in [2.24, 2.45) is 0 Å². The molecule has 2 heterocycles. The van der Waals surface area contributed by atoms with Crippen LogP contribution in [-0.4, -0.2) is 9.13 Å². The average Bonchev–Trinajstić information content (AvgIpc) is 3.65. The highest BCUT2D eigenvalue weighted by atomic mass is 16.5. The topological polar surface area (TPSA) is 19.1 Å². The van der Waals surface area contributed by atoms with Crippen LogP contribution in [0.3, 0.4) is 0 Å². The van der Waals surface area contributed by atoms with Crippen LogP contribution in [0.1, 0.15) is 63.1 Å². The van der Waals surface area contributed by atoms with Gasteiger partial charge >= 0.3 is 0 Å². The first-order valence-electron chi connectivity index (χ1n) is 17.9. The minimum absolute atomic E-state index is 0.0626. The van der Waals surface area contributed by atoms with Crippen LogP contribution in [0, 0.1) is 0 Å². The predicted molar refractivity (Wildman–Crippen MR) is 212 cm³/mol. The highest BCUT2D eigenvalue weighted by Crippen LogP contribution is 2.42. The zero-order valence-corrected chi connectivity index (χ0v) is 29.5. The third-order valence-corrected chi connectivity index (χ3v) is 10.9. The van der Waals surface area contributed by atoms with Crippen molar-refractivity contribution in [2.45, 2.75) is 58.4 Å². The summed E-state index contributed by atoms with van der Waals surface area (Å²) in [6.45, 7) is 13.6. The van der Waals surface area contributed by atoms with Crippen molar-refractivity contribution in [3.05, 3.63) is 169 Å². The van der Waals surface area contributed by atoms with Gasteiger partial charge in [0.05, 0.1) is 22.3 Å². The summed E-state index contributed by atoms with van der Waals surface area (Å²) in [4.78, 5) is 0. The van der Waals surface area contributed by atoms with Crippen LogP contribution in [0.2, 0.25) is 0 Å². The highest BCUT2D eigenvalue weighted by Gasteiger charge is 2.28. The lowest BCUT2D eigenvalue weighted by Crippen LogP contribution is -2.23. The molecular formula is C47H44N2O. The van der Waals surface area contributed by atoms with Crippen molar-refractivity contribution in [1.82, 2.24) is 9.13 Å². The maximum atomic E-state index is 5.72. The fourth-order valence-corrected chi connectivity index (χ4v) is 8.14. The van der Waals surface area contributed by atoms with E-state index in [9.17, 15) is 0 Å². The Morgan fingerprint density at radius 3 is 2.06 bits per heavy atom. The van der Waals surface area contributed by atoms with E-state index in [4.69, 9.17) is 4.74 Å². The standard InChI is InChI=1S/C47H44N2O/c1-6-47(5,36-24-26-38(27-25-36)50-32(2)3)30-33(4)35-22-20-34(21-23-35)31-48-42-18-12-10-16-39(42)40-28-29-44-45(46(40)48)41-17-11-13-19-43(41)49(44)37-14-8-7-9-15-37/h7-29,33H,2,6,30-31H2,1,3-5H3. The van der Waals surface area contributed by atoms with Crippen LogP contribution in [0.4, 0.5) is 0 Å². The Balaban J connectivity index is 1.16. The molecular weight excluding hydrogens is 609 g/mol. The van der Waals surface area contributed by atoms with E-state index in [1.54, 1.807) is 0 Å². The van der Waals surface area contributed by atoms with E-state index in [2.05, 4.69) is 176 Å². The number of para-hydroxylation sites is 3. The van der Waals surface area contributed by atoms with Gasteiger partial charge < -0.3 is 13.9 Å². The number of ether oxygens (including phenoxy) is 1. The molecule has 2 aromatic heterocycles. The first kappa shape index (κ1) is 31.7. The second-order valence-electron chi connectivity index (χ2n) is 14.2. The van der Waals surface area contributed by atoms with Gasteiger partial charge in [0.1, 0.15) is 5.75 Å². The van der Waals surface area contributed by atoms with Crippen LogP contribution in [0.15, 0.2) is 152 Å². The van der Waals surface area contributed by atoms with Gasteiger partial charge in [0.15, 0.2) is 0 Å². The fraction of sp³-hybridized carbons (Fsp3) is 0.191. The molecule has 0 aliphatic rings. The molecule has 0 aliphatic carbocycles. The molecule has 8 rings (SSSR count). The third kappa shape index (κ3) is 5.47.